The first-order valence-electron chi connectivity index (χ1n) is 7.64. The van der Waals surface area contributed by atoms with Crippen LogP contribution in [-0.4, -0.2) is 20.6 Å². The van der Waals surface area contributed by atoms with Gasteiger partial charge in [-0.3, -0.25) is 9.59 Å². The number of aromatic nitrogens is 2. The molecule has 0 saturated carbocycles. The molecule has 2 aromatic heterocycles. The van der Waals surface area contributed by atoms with Crippen LogP contribution >= 0.6 is 0 Å². The number of phenolic OH excluding ortho intramolecular Hbond substituents is 1. The fraction of sp³-hybridized carbons (Fsp3) is 0.167. The smallest absolute Gasteiger partial charge is 0.310 e. The highest BCUT2D eigenvalue weighted by Gasteiger charge is 2.28. The number of aromatic hydroxyl groups is 1. The van der Waals surface area contributed by atoms with Crippen LogP contribution in [0.25, 0.3) is 22.3 Å². The number of carbonyl (C=O) groups is 1. The lowest BCUT2D eigenvalue weighted by molar-refractivity contribution is -0.145. The largest absolute Gasteiger partial charge is 0.508 e. The second kappa shape index (κ2) is 4.44. The number of nitrogens with zero attached hydrogens (tertiary/aromatic N) is 2. The first-order chi connectivity index (χ1) is 11.6. The summed E-state index contributed by atoms with van der Waals surface area (Å²) < 4.78 is 6.68. The maximum absolute atomic E-state index is 12.7. The van der Waals surface area contributed by atoms with Crippen LogP contribution in [0.3, 0.4) is 0 Å². The van der Waals surface area contributed by atoms with E-state index in [1.165, 1.54) is 0 Å². The van der Waals surface area contributed by atoms with E-state index in [0.29, 0.717) is 12.1 Å². The van der Waals surface area contributed by atoms with Gasteiger partial charge >= 0.3 is 5.97 Å². The number of esters is 1. The molecule has 0 unspecified atom stereocenters. The Morgan fingerprint density at radius 2 is 2.00 bits per heavy atom. The van der Waals surface area contributed by atoms with E-state index < -0.39 is 0 Å². The molecule has 2 aliphatic rings. The quantitative estimate of drug-likeness (QED) is 0.499. The van der Waals surface area contributed by atoms with Crippen molar-refractivity contribution in [2.75, 3.05) is 0 Å². The van der Waals surface area contributed by atoms with Gasteiger partial charge in [-0.05, 0) is 35.9 Å². The highest BCUT2D eigenvalue weighted by Crippen LogP contribution is 2.33. The fourth-order valence-electron chi connectivity index (χ4n) is 3.48. The second-order valence-corrected chi connectivity index (χ2v) is 6.14. The first-order valence-corrected chi connectivity index (χ1v) is 7.64. The third-order valence-corrected chi connectivity index (χ3v) is 4.65. The van der Waals surface area contributed by atoms with Gasteiger partial charge in [0, 0.05) is 10.9 Å². The standard InChI is InChI=1S/C18H12N2O4/c21-12-1-2-14-10(4-12)3-11-7-20-15(17(11)19-14)5-9-6-16(22)24-8-13(9)18(20)23/h1-5,21H,6-8H2. The van der Waals surface area contributed by atoms with E-state index in [4.69, 9.17) is 4.74 Å². The molecule has 5 rings (SSSR count). The number of cyclic esters (lactones) is 1. The number of ether oxygens (including phenoxy) is 1. The van der Waals surface area contributed by atoms with Crippen LogP contribution in [0.1, 0.15) is 16.7 Å². The Balaban J connectivity index is 1.77. The number of hydrogen-bond donors (Lipinski definition) is 1. The molecule has 0 radical (unpaired) electrons. The SMILES string of the molecule is O=C1Cc2cc3n(c(=O)c2CO1)Cc1cc2cc(O)ccc2nc1-3. The van der Waals surface area contributed by atoms with Crippen LogP contribution < -0.4 is 5.56 Å². The van der Waals surface area contributed by atoms with E-state index >= 15 is 0 Å². The van der Waals surface area contributed by atoms with Gasteiger partial charge in [-0.25, -0.2) is 4.98 Å². The molecule has 0 saturated heterocycles. The van der Waals surface area contributed by atoms with Gasteiger partial charge in [-0.15, -0.1) is 0 Å². The van der Waals surface area contributed by atoms with Crippen molar-refractivity contribution in [3.05, 3.63) is 57.4 Å². The molecule has 6 nitrogen and oxygen atoms in total. The molecule has 6 heteroatoms. The molecule has 1 N–H and O–H groups in total. The maximum atomic E-state index is 12.7. The van der Waals surface area contributed by atoms with Crippen LogP contribution in [0.2, 0.25) is 0 Å². The van der Waals surface area contributed by atoms with Crippen molar-refractivity contribution in [2.45, 2.75) is 19.6 Å². The van der Waals surface area contributed by atoms with Gasteiger partial charge in [0.25, 0.3) is 5.56 Å². The van der Waals surface area contributed by atoms with Crippen molar-refractivity contribution in [1.29, 1.82) is 0 Å². The predicted octanol–water partition coefficient (Wildman–Crippen LogP) is 1.73. The molecule has 0 fully saturated rings. The molecule has 4 heterocycles. The topological polar surface area (TPSA) is 81.4 Å². The number of fused-ring (bicyclic) bond motifs is 5. The van der Waals surface area contributed by atoms with Crippen LogP contribution in [0.5, 0.6) is 5.75 Å². The lowest BCUT2D eigenvalue weighted by Gasteiger charge is -2.17. The minimum atomic E-state index is -0.313. The number of hydrogen-bond acceptors (Lipinski definition) is 5. The average Bonchev–Trinajstić information content (AvgIpc) is 2.90. The van der Waals surface area contributed by atoms with Crippen molar-refractivity contribution in [1.82, 2.24) is 9.55 Å². The third kappa shape index (κ3) is 1.73. The van der Waals surface area contributed by atoms with E-state index in [2.05, 4.69) is 4.98 Å². The third-order valence-electron chi connectivity index (χ3n) is 4.65. The number of phenols is 1. The van der Waals surface area contributed by atoms with E-state index in [1.54, 1.807) is 22.8 Å². The first kappa shape index (κ1) is 13.3. The highest BCUT2D eigenvalue weighted by atomic mass is 16.5. The van der Waals surface area contributed by atoms with Crippen molar-refractivity contribution in [3.63, 3.8) is 0 Å². The average molecular weight is 320 g/mol. The lowest BCUT2D eigenvalue weighted by Crippen LogP contribution is -2.29. The van der Waals surface area contributed by atoms with Crippen molar-refractivity contribution < 1.29 is 14.6 Å². The molecule has 1 aromatic carbocycles. The monoisotopic (exact) mass is 320 g/mol. The normalized spacial score (nSPS) is 14.9. The fourth-order valence-corrected chi connectivity index (χ4v) is 3.48. The Morgan fingerprint density at radius 3 is 2.88 bits per heavy atom. The molecule has 2 aliphatic heterocycles. The van der Waals surface area contributed by atoms with Crippen LogP contribution in [0.4, 0.5) is 0 Å². The summed E-state index contributed by atoms with van der Waals surface area (Å²) in [7, 11) is 0. The number of pyridine rings is 2. The molecule has 0 aliphatic carbocycles. The molecule has 24 heavy (non-hydrogen) atoms. The van der Waals surface area contributed by atoms with Gasteiger partial charge in [-0.1, -0.05) is 0 Å². The summed E-state index contributed by atoms with van der Waals surface area (Å²) >= 11 is 0. The van der Waals surface area contributed by atoms with Gasteiger partial charge in [0.05, 0.1) is 35.4 Å². The van der Waals surface area contributed by atoms with Crippen LogP contribution in [0, 0.1) is 0 Å². The molecule has 118 valence electrons. The lowest BCUT2D eigenvalue weighted by atomic mass is 10.0. The van der Waals surface area contributed by atoms with Gasteiger partial charge < -0.3 is 14.4 Å². The Morgan fingerprint density at radius 1 is 1.12 bits per heavy atom. The van der Waals surface area contributed by atoms with Crippen molar-refractivity contribution in [3.8, 4) is 17.1 Å². The summed E-state index contributed by atoms with van der Waals surface area (Å²) in [5.41, 5.74) is 4.33. The molecule has 3 aromatic rings. The zero-order valence-electron chi connectivity index (χ0n) is 12.6. The molecule has 0 atom stereocenters. The molecule has 0 amide bonds. The Bertz CT molecular complexity index is 1110. The Kier molecular flexibility index (Phi) is 2.46. The number of rotatable bonds is 0. The van der Waals surface area contributed by atoms with E-state index in [9.17, 15) is 14.7 Å². The predicted molar refractivity (Wildman–Crippen MR) is 85.7 cm³/mol. The summed E-state index contributed by atoms with van der Waals surface area (Å²) in [6, 6.07) is 8.83. The van der Waals surface area contributed by atoms with Crippen LogP contribution in [-0.2, 0) is 29.1 Å². The summed E-state index contributed by atoms with van der Waals surface area (Å²) in [4.78, 5) is 28.9. The summed E-state index contributed by atoms with van der Waals surface area (Å²) in [5.74, 6) is -0.130. The minimum Gasteiger partial charge on any atom is -0.508 e. The molecular formula is C18H12N2O4. The molecule has 0 bridgehead atoms. The summed E-state index contributed by atoms with van der Waals surface area (Å²) in [6.07, 6.45) is 0.120. The summed E-state index contributed by atoms with van der Waals surface area (Å²) in [5, 5.41) is 10.5. The molecular weight excluding hydrogens is 308 g/mol. The molecule has 0 spiro atoms. The Hall–Kier alpha value is -3.15. The zero-order valence-corrected chi connectivity index (χ0v) is 12.6. The van der Waals surface area contributed by atoms with Crippen LogP contribution in [0.15, 0.2) is 35.1 Å². The highest BCUT2D eigenvalue weighted by molar-refractivity contribution is 5.85. The van der Waals surface area contributed by atoms with E-state index in [0.717, 1.165) is 33.4 Å². The minimum absolute atomic E-state index is 0.0346. The van der Waals surface area contributed by atoms with Gasteiger partial charge in [0.2, 0.25) is 0 Å². The van der Waals surface area contributed by atoms with Gasteiger partial charge in [-0.2, -0.15) is 0 Å². The van der Waals surface area contributed by atoms with E-state index in [-0.39, 0.29) is 30.3 Å². The van der Waals surface area contributed by atoms with Crippen molar-refractivity contribution >= 4 is 16.9 Å². The zero-order chi connectivity index (χ0) is 16.4. The van der Waals surface area contributed by atoms with Gasteiger partial charge in [0.1, 0.15) is 12.4 Å². The summed E-state index contributed by atoms with van der Waals surface area (Å²) in [6.45, 7) is 0.468. The van der Waals surface area contributed by atoms with Gasteiger partial charge in [0.15, 0.2) is 0 Å². The Labute approximate surface area is 135 Å². The number of carbonyl (C=O) groups excluding carboxylic acids is 1. The van der Waals surface area contributed by atoms with E-state index in [1.807, 2.05) is 12.1 Å². The second-order valence-electron chi connectivity index (χ2n) is 6.14. The van der Waals surface area contributed by atoms with Crippen molar-refractivity contribution in [2.24, 2.45) is 0 Å². The maximum Gasteiger partial charge on any atom is 0.310 e. The number of benzene rings is 1.